The molecule has 0 bridgehead atoms. The largest absolute Gasteiger partial charge is 0.446 e. The summed E-state index contributed by atoms with van der Waals surface area (Å²) in [5, 5.41) is 6.49. The summed E-state index contributed by atoms with van der Waals surface area (Å²) in [7, 11) is 0. The van der Waals surface area contributed by atoms with Crippen LogP contribution >= 0.6 is 0 Å². The molecule has 2 aromatic carbocycles. The molecule has 2 saturated carbocycles. The van der Waals surface area contributed by atoms with E-state index in [4.69, 9.17) is 15.2 Å². The number of hydrogen-bond donors (Lipinski definition) is 3. The van der Waals surface area contributed by atoms with Crippen LogP contribution in [0.3, 0.4) is 0 Å². The van der Waals surface area contributed by atoms with Gasteiger partial charge in [-0.2, -0.15) is 0 Å². The molecule has 0 radical (unpaired) electrons. The molecule has 36 heavy (non-hydrogen) atoms. The molecule has 0 saturated heterocycles. The average molecular weight is 491 g/mol. The Balaban J connectivity index is 1.42. The van der Waals surface area contributed by atoms with Crippen molar-refractivity contribution in [2.75, 3.05) is 11.1 Å². The van der Waals surface area contributed by atoms with Crippen molar-refractivity contribution in [2.45, 2.75) is 71.1 Å². The van der Waals surface area contributed by atoms with Gasteiger partial charge in [0.15, 0.2) is 0 Å². The lowest BCUT2D eigenvalue weighted by Crippen LogP contribution is -2.32. The fraction of sp³-hybridized carbons (Fsp3) is 0.429. The highest BCUT2D eigenvalue weighted by atomic mass is 16.6. The van der Waals surface area contributed by atoms with Crippen LogP contribution in [0.4, 0.5) is 21.0 Å². The number of aromatic nitrogens is 1. The molecule has 1 heterocycles. The van der Waals surface area contributed by atoms with Gasteiger partial charge in [-0.15, -0.1) is 0 Å². The number of fused-ring (bicyclic) bond motifs is 1. The van der Waals surface area contributed by atoms with Crippen molar-refractivity contribution >= 4 is 34.5 Å². The molecule has 4 N–H and O–H groups in total. The Kier molecular flexibility index (Phi) is 6.51. The molecule has 2 aliphatic carbocycles. The highest BCUT2D eigenvalue weighted by Crippen LogP contribution is 2.45. The van der Waals surface area contributed by atoms with E-state index in [-0.39, 0.29) is 12.1 Å². The van der Waals surface area contributed by atoms with Gasteiger partial charge in [0.25, 0.3) is 0 Å². The first-order valence-corrected chi connectivity index (χ1v) is 12.8. The highest BCUT2D eigenvalue weighted by Gasteiger charge is 2.31. The fourth-order valence-corrected chi connectivity index (χ4v) is 4.76. The number of nitrogens with one attached hydrogen (secondary N) is 2. The number of nitrogens with zero attached hydrogens (tertiary/aromatic N) is 1. The summed E-state index contributed by atoms with van der Waals surface area (Å²) >= 11 is 0. The molecular formula is C28H34N4O4. The lowest BCUT2D eigenvalue weighted by molar-refractivity contribution is 0.108. The average Bonchev–Trinajstić information content (AvgIpc) is 3.59. The summed E-state index contributed by atoms with van der Waals surface area (Å²) in [4.78, 5) is 24.4. The molecule has 2 amide bonds. The van der Waals surface area contributed by atoms with Gasteiger partial charge in [-0.1, -0.05) is 12.1 Å². The fourth-order valence-electron chi connectivity index (χ4n) is 4.76. The van der Waals surface area contributed by atoms with Gasteiger partial charge in [0.2, 0.25) is 0 Å². The van der Waals surface area contributed by atoms with E-state index in [2.05, 4.69) is 15.2 Å². The van der Waals surface area contributed by atoms with Crippen LogP contribution in [-0.2, 0) is 4.74 Å². The molecule has 2 fully saturated rings. The summed E-state index contributed by atoms with van der Waals surface area (Å²) in [5.74, 6) is 0.966. The first-order valence-electron chi connectivity index (χ1n) is 12.8. The third kappa shape index (κ3) is 4.98. The summed E-state index contributed by atoms with van der Waals surface area (Å²) in [5.41, 5.74) is 10.9. The normalized spacial score (nSPS) is 16.4. The van der Waals surface area contributed by atoms with E-state index in [1.54, 1.807) is 6.07 Å². The van der Waals surface area contributed by atoms with E-state index in [1.807, 2.05) is 57.2 Å². The van der Waals surface area contributed by atoms with Crippen molar-refractivity contribution in [1.29, 1.82) is 0 Å². The molecule has 1 atom stereocenters. The minimum Gasteiger partial charge on any atom is -0.446 e. The van der Waals surface area contributed by atoms with Crippen LogP contribution in [-0.4, -0.2) is 28.9 Å². The van der Waals surface area contributed by atoms with Gasteiger partial charge in [-0.25, -0.2) is 9.59 Å². The number of carbonyl (C=O) groups excluding carboxylic acids is 2. The van der Waals surface area contributed by atoms with E-state index in [0.717, 1.165) is 47.8 Å². The van der Waals surface area contributed by atoms with Gasteiger partial charge in [0.05, 0.1) is 16.9 Å². The first kappa shape index (κ1) is 24.0. The number of nitrogen functional groups attached to an aromatic ring is 1. The molecular weight excluding hydrogens is 456 g/mol. The van der Waals surface area contributed by atoms with Crippen molar-refractivity contribution < 1.29 is 19.1 Å². The molecule has 8 heteroatoms. The van der Waals surface area contributed by atoms with Gasteiger partial charge in [-0.05, 0) is 83.1 Å². The van der Waals surface area contributed by atoms with Gasteiger partial charge in [-0.3, -0.25) is 5.32 Å². The van der Waals surface area contributed by atoms with E-state index >= 15 is 0 Å². The Hall–Kier alpha value is -3.68. The topological polar surface area (TPSA) is 108 Å². The van der Waals surface area contributed by atoms with Crippen LogP contribution in [0, 0.1) is 5.92 Å². The lowest BCUT2D eigenvalue weighted by Gasteiger charge is -2.30. The predicted molar refractivity (Wildman–Crippen MR) is 141 cm³/mol. The Morgan fingerprint density at radius 3 is 2.33 bits per heavy atom. The van der Waals surface area contributed by atoms with E-state index < -0.39 is 12.2 Å². The third-order valence-corrected chi connectivity index (χ3v) is 7.06. The van der Waals surface area contributed by atoms with Crippen molar-refractivity contribution in [3.63, 3.8) is 0 Å². The number of anilines is 2. The van der Waals surface area contributed by atoms with Gasteiger partial charge in [0, 0.05) is 34.8 Å². The summed E-state index contributed by atoms with van der Waals surface area (Å²) < 4.78 is 13.3. The summed E-state index contributed by atoms with van der Waals surface area (Å²) in [6.45, 7) is 5.71. The van der Waals surface area contributed by atoms with Gasteiger partial charge >= 0.3 is 12.2 Å². The molecule has 5 rings (SSSR count). The number of hydrogen-bond acceptors (Lipinski definition) is 5. The second kappa shape index (κ2) is 9.76. The molecule has 1 aromatic heterocycles. The maximum atomic E-state index is 12.2. The maximum Gasteiger partial charge on any atom is 0.412 e. The standard InChI is InChI=1S/C28H34N4O4/c1-16(2)30-27(33)36-22-13-14-23-24(15-22)32(21-5-4-6-21)26(25(23)29)19-9-11-20(12-10-19)31-28(34)35-17(3)18-7-8-18/h9-18,21H,4-8,29H2,1-3H3,(H,30,33)(H,31,34)/t17-/m1/s1. The molecule has 0 aliphatic heterocycles. The first-order chi connectivity index (χ1) is 17.3. The van der Waals surface area contributed by atoms with Crippen molar-refractivity contribution in [2.24, 2.45) is 5.92 Å². The molecule has 0 unspecified atom stereocenters. The third-order valence-electron chi connectivity index (χ3n) is 7.06. The molecule has 190 valence electrons. The number of rotatable bonds is 7. The quantitative estimate of drug-likeness (QED) is 0.352. The second-order valence-electron chi connectivity index (χ2n) is 10.2. The highest BCUT2D eigenvalue weighted by molar-refractivity contribution is 6.02. The lowest BCUT2D eigenvalue weighted by atomic mass is 9.92. The molecule has 3 aromatic rings. The zero-order chi connectivity index (χ0) is 25.4. The van der Waals surface area contributed by atoms with Crippen LogP contribution in [0.15, 0.2) is 42.5 Å². The molecule has 0 spiro atoms. The van der Waals surface area contributed by atoms with Gasteiger partial charge < -0.3 is 25.1 Å². The smallest absolute Gasteiger partial charge is 0.412 e. The predicted octanol–water partition coefficient (Wildman–Crippen LogP) is 6.46. The van der Waals surface area contributed by atoms with Crippen LogP contribution in [0.25, 0.3) is 22.2 Å². The number of benzene rings is 2. The Bertz CT molecular complexity index is 1270. The number of amides is 2. The van der Waals surface area contributed by atoms with Crippen LogP contribution in [0.2, 0.25) is 0 Å². The van der Waals surface area contributed by atoms with Crippen LogP contribution < -0.4 is 21.1 Å². The van der Waals surface area contributed by atoms with Crippen molar-refractivity contribution in [3.8, 4) is 17.0 Å². The van der Waals surface area contributed by atoms with E-state index in [9.17, 15) is 9.59 Å². The number of ether oxygens (including phenoxy) is 2. The summed E-state index contributed by atoms with van der Waals surface area (Å²) in [6, 6.07) is 13.6. The molecule has 8 nitrogen and oxygen atoms in total. The monoisotopic (exact) mass is 490 g/mol. The maximum absolute atomic E-state index is 12.2. The van der Waals surface area contributed by atoms with Crippen molar-refractivity contribution in [1.82, 2.24) is 9.88 Å². The number of nitrogens with two attached hydrogens (primary N) is 1. The minimum atomic E-state index is -0.479. The zero-order valence-corrected chi connectivity index (χ0v) is 21.0. The zero-order valence-electron chi connectivity index (χ0n) is 21.0. The molecule has 2 aliphatic rings. The van der Waals surface area contributed by atoms with Crippen molar-refractivity contribution in [3.05, 3.63) is 42.5 Å². The van der Waals surface area contributed by atoms with E-state index in [1.165, 1.54) is 6.42 Å². The Labute approximate surface area is 211 Å². The minimum absolute atomic E-state index is 0.0109. The Morgan fingerprint density at radius 1 is 1.00 bits per heavy atom. The second-order valence-corrected chi connectivity index (χ2v) is 10.2. The Morgan fingerprint density at radius 2 is 1.72 bits per heavy atom. The SMILES string of the molecule is CC(C)NC(=O)Oc1ccc2c(N)c(-c3ccc(NC(=O)O[C@H](C)C4CC4)cc3)n(C3CCC3)c2c1. The number of carbonyl (C=O) groups is 2. The van der Waals surface area contributed by atoms with Gasteiger partial charge in [0.1, 0.15) is 11.9 Å². The van der Waals surface area contributed by atoms with E-state index in [0.29, 0.717) is 29.1 Å². The summed E-state index contributed by atoms with van der Waals surface area (Å²) in [6.07, 6.45) is 4.58. The van der Waals surface area contributed by atoms with Crippen LogP contribution in [0.5, 0.6) is 5.75 Å². The van der Waals surface area contributed by atoms with Crippen LogP contribution in [0.1, 0.15) is 58.9 Å².